The molecule has 0 N–H and O–H groups in total. The standard InChI is InChI=1S/C14H20ClNO3S/c1-2-8-16(11-7-9-20(18,19)10-11)14(17)12-5-3-4-6-13(12)15/h2,11H,1,3-10H2/t11-/m1/s1. The molecule has 0 radical (unpaired) electrons. The molecule has 112 valence electrons. The van der Waals surface area contributed by atoms with Crippen LogP contribution in [0.2, 0.25) is 0 Å². The number of carbonyl (C=O) groups is 1. The molecule has 1 saturated heterocycles. The molecule has 0 saturated carbocycles. The third kappa shape index (κ3) is 3.44. The number of hydrogen-bond acceptors (Lipinski definition) is 3. The molecule has 1 aliphatic carbocycles. The quantitative estimate of drug-likeness (QED) is 0.747. The van der Waals surface area contributed by atoms with E-state index in [9.17, 15) is 13.2 Å². The molecule has 2 aliphatic rings. The number of sulfone groups is 1. The second-order valence-corrected chi connectivity index (χ2v) is 8.08. The molecular formula is C14H20ClNO3S. The lowest BCUT2D eigenvalue weighted by Gasteiger charge is -2.29. The number of allylic oxidation sites excluding steroid dienone is 1. The monoisotopic (exact) mass is 317 g/mol. The summed E-state index contributed by atoms with van der Waals surface area (Å²) in [5.74, 6) is 0.0970. The zero-order valence-corrected chi connectivity index (χ0v) is 13.0. The van der Waals surface area contributed by atoms with Crippen molar-refractivity contribution < 1.29 is 13.2 Å². The van der Waals surface area contributed by atoms with Crippen molar-refractivity contribution in [3.05, 3.63) is 23.3 Å². The summed E-state index contributed by atoms with van der Waals surface area (Å²) in [4.78, 5) is 14.3. The fourth-order valence-electron chi connectivity index (χ4n) is 2.82. The lowest BCUT2D eigenvalue weighted by atomic mass is 9.97. The van der Waals surface area contributed by atoms with Gasteiger partial charge in [-0.15, -0.1) is 6.58 Å². The molecule has 1 heterocycles. The van der Waals surface area contributed by atoms with Gasteiger partial charge in [-0.3, -0.25) is 4.79 Å². The molecule has 6 heteroatoms. The number of halogens is 1. The minimum atomic E-state index is -3.01. The molecule has 0 bridgehead atoms. The number of amides is 1. The average molecular weight is 318 g/mol. The van der Waals surface area contributed by atoms with Gasteiger partial charge in [0.2, 0.25) is 0 Å². The topological polar surface area (TPSA) is 54.5 Å². The van der Waals surface area contributed by atoms with Gasteiger partial charge in [-0.25, -0.2) is 8.42 Å². The number of hydrogen-bond donors (Lipinski definition) is 0. The van der Waals surface area contributed by atoms with Gasteiger partial charge >= 0.3 is 0 Å². The third-order valence-corrected chi connectivity index (χ3v) is 6.06. The minimum Gasteiger partial charge on any atom is -0.331 e. The van der Waals surface area contributed by atoms with Crippen molar-refractivity contribution in [2.75, 3.05) is 18.1 Å². The predicted octanol–water partition coefficient (Wildman–Crippen LogP) is 2.25. The summed E-state index contributed by atoms with van der Waals surface area (Å²) in [5, 5.41) is 0.635. The van der Waals surface area contributed by atoms with Gasteiger partial charge in [0.15, 0.2) is 9.84 Å². The molecule has 20 heavy (non-hydrogen) atoms. The van der Waals surface area contributed by atoms with Crippen LogP contribution in [0.1, 0.15) is 32.1 Å². The van der Waals surface area contributed by atoms with Crippen LogP contribution in [0, 0.1) is 0 Å². The summed E-state index contributed by atoms with van der Waals surface area (Å²) in [6, 6.07) is -0.246. The van der Waals surface area contributed by atoms with Crippen molar-refractivity contribution in [1.29, 1.82) is 0 Å². The fraction of sp³-hybridized carbons (Fsp3) is 0.643. The molecule has 0 aromatic rings. The third-order valence-electron chi connectivity index (χ3n) is 3.89. The van der Waals surface area contributed by atoms with Gasteiger partial charge in [0.25, 0.3) is 5.91 Å². The maximum Gasteiger partial charge on any atom is 0.251 e. The fourth-order valence-corrected chi connectivity index (χ4v) is 4.86. The molecule has 1 aliphatic heterocycles. The van der Waals surface area contributed by atoms with Crippen LogP contribution in [0.15, 0.2) is 23.3 Å². The molecule has 1 atom stereocenters. The van der Waals surface area contributed by atoms with Crippen molar-refractivity contribution >= 4 is 27.3 Å². The Bertz CT molecular complexity index is 539. The van der Waals surface area contributed by atoms with Gasteiger partial charge in [-0.1, -0.05) is 17.7 Å². The zero-order valence-electron chi connectivity index (χ0n) is 11.5. The summed E-state index contributed by atoms with van der Waals surface area (Å²) in [7, 11) is -3.01. The maximum atomic E-state index is 12.6. The highest BCUT2D eigenvalue weighted by Gasteiger charge is 2.35. The Kier molecular flexibility index (Phi) is 4.91. The summed E-state index contributed by atoms with van der Waals surface area (Å²) >= 11 is 6.17. The molecule has 0 aromatic heterocycles. The maximum absolute atomic E-state index is 12.6. The van der Waals surface area contributed by atoms with Gasteiger partial charge in [0.1, 0.15) is 0 Å². The summed E-state index contributed by atoms with van der Waals surface area (Å²) in [6.45, 7) is 4.03. The smallest absolute Gasteiger partial charge is 0.251 e. The van der Waals surface area contributed by atoms with E-state index >= 15 is 0 Å². The number of carbonyl (C=O) groups excluding carboxylic acids is 1. The molecule has 2 rings (SSSR count). The van der Waals surface area contributed by atoms with Crippen LogP contribution < -0.4 is 0 Å². The molecule has 0 spiro atoms. The van der Waals surface area contributed by atoms with E-state index < -0.39 is 9.84 Å². The Labute approximate surface area is 125 Å². The van der Waals surface area contributed by atoms with E-state index in [1.165, 1.54) is 0 Å². The number of nitrogens with zero attached hydrogens (tertiary/aromatic N) is 1. The van der Waals surface area contributed by atoms with Gasteiger partial charge in [-0.05, 0) is 32.1 Å². The van der Waals surface area contributed by atoms with E-state index in [0.29, 0.717) is 30.0 Å². The summed E-state index contributed by atoms with van der Waals surface area (Å²) in [5.41, 5.74) is 0.657. The average Bonchev–Trinajstić information content (AvgIpc) is 2.76. The minimum absolute atomic E-state index is 0.0531. The Hall–Kier alpha value is -0.810. The first kappa shape index (κ1) is 15.6. The SMILES string of the molecule is C=CCN(C(=O)C1=C(Cl)CCCC1)[C@@H]1CCS(=O)(=O)C1. The van der Waals surface area contributed by atoms with Crippen LogP contribution in [0.5, 0.6) is 0 Å². The van der Waals surface area contributed by atoms with Gasteiger partial charge in [0, 0.05) is 23.2 Å². The lowest BCUT2D eigenvalue weighted by molar-refractivity contribution is -0.128. The van der Waals surface area contributed by atoms with E-state index in [4.69, 9.17) is 11.6 Å². The van der Waals surface area contributed by atoms with Gasteiger partial charge in [-0.2, -0.15) is 0 Å². The molecular weight excluding hydrogens is 298 g/mol. The van der Waals surface area contributed by atoms with Crippen LogP contribution >= 0.6 is 11.6 Å². The highest BCUT2D eigenvalue weighted by Crippen LogP contribution is 2.30. The highest BCUT2D eigenvalue weighted by atomic mass is 35.5. The van der Waals surface area contributed by atoms with Crippen LogP contribution in [0.4, 0.5) is 0 Å². The highest BCUT2D eigenvalue weighted by molar-refractivity contribution is 7.91. The van der Waals surface area contributed by atoms with Crippen LogP contribution in [-0.2, 0) is 14.6 Å². The Balaban J connectivity index is 2.20. The van der Waals surface area contributed by atoms with Crippen molar-refractivity contribution in [1.82, 2.24) is 4.90 Å². The van der Waals surface area contributed by atoms with Crippen LogP contribution in [-0.4, -0.2) is 43.3 Å². The first-order chi connectivity index (χ1) is 9.44. The first-order valence-corrected chi connectivity index (χ1v) is 9.14. The van der Waals surface area contributed by atoms with Crippen molar-refractivity contribution in [2.24, 2.45) is 0 Å². The predicted molar refractivity (Wildman–Crippen MR) is 80.3 cm³/mol. The van der Waals surface area contributed by atoms with Gasteiger partial charge in [0.05, 0.1) is 11.5 Å². The first-order valence-electron chi connectivity index (χ1n) is 6.94. The van der Waals surface area contributed by atoms with Crippen LogP contribution in [0.3, 0.4) is 0 Å². The van der Waals surface area contributed by atoms with Crippen LogP contribution in [0.25, 0.3) is 0 Å². The second-order valence-electron chi connectivity index (χ2n) is 5.39. The summed E-state index contributed by atoms with van der Waals surface area (Å²) in [6.07, 6.45) is 5.54. The van der Waals surface area contributed by atoms with Crippen molar-refractivity contribution in [3.8, 4) is 0 Å². The normalized spacial score (nSPS) is 25.6. The zero-order chi connectivity index (χ0) is 14.8. The molecule has 4 nitrogen and oxygen atoms in total. The van der Waals surface area contributed by atoms with E-state index in [2.05, 4.69) is 6.58 Å². The second kappa shape index (κ2) is 6.31. The molecule has 1 amide bonds. The van der Waals surface area contributed by atoms with Crippen molar-refractivity contribution in [2.45, 2.75) is 38.1 Å². The Morgan fingerprint density at radius 2 is 2.10 bits per heavy atom. The van der Waals surface area contributed by atoms with E-state index in [-0.39, 0.29) is 23.5 Å². The Morgan fingerprint density at radius 3 is 2.65 bits per heavy atom. The van der Waals surface area contributed by atoms with E-state index in [0.717, 1.165) is 19.3 Å². The molecule has 0 unspecified atom stereocenters. The van der Waals surface area contributed by atoms with E-state index in [1.54, 1.807) is 11.0 Å². The summed E-state index contributed by atoms with van der Waals surface area (Å²) < 4.78 is 23.2. The molecule has 0 aromatic carbocycles. The lowest BCUT2D eigenvalue weighted by Crippen LogP contribution is -2.42. The number of rotatable bonds is 4. The largest absolute Gasteiger partial charge is 0.331 e. The Morgan fingerprint density at radius 1 is 1.40 bits per heavy atom. The molecule has 1 fully saturated rings. The van der Waals surface area contributed by atoms with Crippen molar-refractivity contribution in [3.63, 3.8) is 0 Å². The van der Waals surface area contributed by atoms with Gasteiger partial charge < -0.3 is 4.90 Å². The van der Waals surface area contributed by atoms with E-state index in [1.807, 2.05) is 0 Å².